The van der Waals surface area contributed by atoms with Crippen LogP contribution in [0, 0.1) is 4.91 Å². The molecule has 1 fully saturated rings. The van der Waals surface area contributed by atoms with Crippen molar-refractivity contribution in [1.82, 2.24) is 0 Å². The van der Waals surface area contributed by atoms with E-state index >= 15 is 0 Å². The van der Waals surface area contributed by atoms with Gasteiger partial charge in [-0.25, -0.2) is 0 Å². The van der Waals surface area contributed by atoms with Gasteiger partial charge in [-0.3, -0.25) is 0 Å². The number of hydrogen-bond donors (Lipinski definition) is 1. The average Bonchev–Trinajstić information content (AvgIpc) is 3.08. The first-order valence-electron chi connectivity index (χ1n) is 5.22. The van der Waals surface area contributed by atoms with Crippen LogP contribution in [0.1, 0.15) is 23.5 Å². The zero-order valence-corrected chi connectivity index (χ0v) is 8.59. The van der Waals surface area contributed by atoms with Crippen LogP contribution in [0.25, 0.3) is 5.70 Å². The Bertz CT molecular complexity index is 488. The first-order chi connectivity index (χ1) is 7.72. The molecule has 0 amide bonds. The van der Waals surface area contributed by atoms with Gasteiger partial charge in [-0.2, -0.15) is 0 Å². The average molecular weight is 215 g/mol. The summed E-state index contributed by atoms with van der Waals surface area (Å²) < 4.78 is 5.44. The Morgan fingerprint density at radius 3 is 3.19 bits per heavy atom. The van der Waals surface area contributed by atoms with Crippen molar-refractivity contribution in [3.8, 4) is 5.75 Å². The van der Waals surface area contributed by atoms with Gasteiger partial charge in [0.25, 0.3) is 0 Å². The van der Waals surface area contributed by atoms with Crippen molar-refractivity contribution in [2.24, 2.45) is 5.18 Å². The normalized spacial score (nSPS) is 25.2. The molecule has 2 unspecified atom stereocenters. The lowest BCUT2D eigenvalue weighted by Crippen LogP contribution is -2.26. The van der Waals surface area contributed by atoms with Crippen LogP contribution in [0.3, 0.4) is 0 Å². The molecule has 1 aromatic rings. The molecule has 0 bridgehead atoms. The van der Waals surface area contributed by atoms with E-state index in [-0.39, 0.29) is 11.5 Å². The van der Waals surface area contributed by atoms with Crippen LogP contribution in [0.5, 0.6) is 5.75 Å². The molecular weight excluding hydrogens is 205 g/mol. The summed E-state index contributed by atoms with van der Waals surface area (Å²) >= 11 is 0. The third-order valence-corrected chi connectivity index (χ3v) is 3.31. The number of benzene rings is 1. The van der Waals surface area contributed by atoms with Crippen LogP contribution in [0.2, 0.25) is 5.82 Å². The summed E-state index contributed by atoms with van der Waals surface area (Å²) in [7, 11) is -0.766. The van der Waals surface area contributed by atoms with E-state index in [4.69, 9.17) is 4.65 Å². The van der Waals surface area contributed by atoms with Crippen LogP contribution >= 0.6 is 0 Å². The summed E-state index contributed by atoms with van der Waals surface area (Å²) in [6, 6.07) is 5.56. The van der Waals surface area contributed by atoms with Gasteiger partial charge in [0.1, 0.15) is 11.4 Å². The van der Waals surface area contributed by atoms with Crippen LogP contribution in [-0.4, -0.2) is 12.1 Å². The first-order valence-corrected chi connectivity index (χ1v) is 5.22. The lowest BCUT2D eigenvalue weighted by molar-refractivity contribution is 0.399. The molecule has 2 atom stereocenters. The Morgan fingerprint density at radius 1 is 1.62 bits per heavy atom. The molecule has 5 heteroatoms. The maximum absolute atomic E-state index is 10.5. The molecule has 80 valence electrons. The molecule has 1 heterocycles. The number of nitroso groups, excluding NO2 is 1. The fraction of sp³-hybridized carbons (Fsp3) is 0.273. The highest BCUT2D eigenvalue weighted by Gasteiger charge is 2.53. The monoisotopic (exact) mass is 215 g/mol. The van der Waals surface area contributed by atoms with Crippen LogP contribution < -0.4 is 4.65 Å². The molecule has 1 aliphatic carbocycles. The van der Waals surface area contributed by atoms with E-state index in [0.29, 0.717) is 17.2 Å². The minimum Gasteiger partial charge on any atom is -0.535 e. The summed E-state index contributed by atoms with van der Waals surface area (Å²) in [5.41, 5.74) is 1.78. The molecule has 1 N–H and O–H groups in total. The largest absolute Gasteiger partial charge is 0.535 e. The number of hydrogen-bond acceptors (Lipinski definition) is 4. The van der Waals surface area contributed by atoms with Gasteiger partial charge in [0.2, 0.25) is 0 Å². The van der Waals surface area contributed by atoms with Gasteiger partial charge in [-0.15, -0.1) is 4.91 Å². The van der Waals surface area contributed by atoms with E-state index in [1.165, 1.54) is 0 Å². The van der Waals surface area contributed by atoms with Crippen LogP contribution in [0.15, 0.2) is 30.0 Å². The quantitative estimate of drug-likeness (QED) is 0.607. The van der Waals surface area contributed by atoms with Crippen molar-refractivity contribution in [1.29, 1.82) is 0 Å². The van der Waals surface area contributed by atoms with E-state index in [2.05, 4.69) is 11.8 Å². The topological polar surface area (TPSA) is 58.9 Å². The fourth-order valence-electron chi connectivity index (χ4n) is 2.35. The van der Waals surface area contributed by atoms with E-state index in [9.17, 15) is 9.93 Å². The van der Waals surface area contributed by atoms with E-state index in [0.717, 1.165) is 12.0 Å². The molecule has 0 spiro atoms. The SMILES string of the molecule is C=C(N=O)c1cccc2c1OB(O)C1CC21. The van der Waals surface area contributed by atoms with Gasteiger partial charge in [0.05, 0.1) is 0 Å². The first kappa shape index (κ1) is 9.60. The smallest absolute Gasteiger partial charge is 0.526 e. The number of rotatable bonds is 2. The van der Waals surface area contributed by atoms with E-state index in [1.807, 2.05) is 12.1 Å². The van der Waals surface area contributed by atoms with E-state index in [1.54, 1.807) is 6.07 Å². The second-order valence-electron chi connectivity index (χ2n) is 4.28. The minimum atomic E-state index is -0.766. The number of nitrogens with zero attached hydrogens (tertiary/aromatic N) is 1. The zero-order chi connectivity index (χ0) is 11.3. The predicted octanol–water partition coefficient (Wildman–Crippen LogP) is 2.15. The van der Waals surface area contributed by atoms with Crippen molar-refractivity contribution in [2.75, 3.05) is 0 Å². The molecule has 1 aliphatic heterocycles. The van der Waals surface area contributed by atoms with Crippen molar-refractivity contribution >= 4 is 12.8 Å². The van der Waals surface area contributed by atoms with Crippen LogP contribution in [-0.2, 0) is 0 Å². The maximum atomic E-state index is 10.5. The zero-order valence-electron chi connectivity index (χ0n) is 8.59. The number of fused-ring (bicyclic) bond motifs is 3. The molecule has 1 saturated carbocycles. The Kier molecular flexibility index (Phi) is 1.91. The second-order valence-corrected chi connectivity index (χ2v) is 4.28. The Balaban J connectivity index is 2.12. The molecule has 1 aromatic carbocycles. The molecule has 2 aliphatic rings. The lowest BCUT2D eigenvalue weighted by atomic mass is 9.77. The number of para-hydroxylation sites is 1. The third-order valence-electron chi connectivity index (χ3n) is 3.31. The highest BCUT2D eigenvalue weighted by atomic mass is 16.5. The van der Waals surface area contributed by atoms with Crippen molar-refractivity contribution in [3.63, 3.8) is 0 Å². The van der Waals surface area contributed by atoms with Gasteiger partial charge in [-0.1, -0.05) is 18.7 Å². The van der Waals surface area contributed by atoms with E-state index < -0.39 is 7.12 Å². The minimum absolute atomic E-state index is 0.142. The standard InChI is InChI=1S/C11H10BNO3/c1-6(13-15)7-3-2-4-8-9-5-10(9)12(14)16-11(7)8/h2-4,9-10,14H,1,5H2. The second kappa shape index (κ2) is 3.19. The molecule has 3 rings (SSSR count). The molecule has 0 aromatic heterocycles. The summed E-state index contributed by atoms with van der Waals surface area (Å²) in [6.45, 7) is 3.57. The summed E-state index contributed by atoms with van der Waals surface area (Å²) in [6.07, 6.45) is 0.943. The Morgan fingerprint density at radius 2 is 2.44 bits per heavy atom. The van der Waals surface area contributed by atoms with Gasteiger partial charge >= 0.3 is 7.12 Å². The lowest BCUT2D eigenvalue weighted by Gasteiger charge is -2.21. The molecule has 16 heavy (non-hydrogen) atoms. The van der Waals surface area contributed by atoms with Gasteiger partial charge in [0, 0.05) is 11.4 Å². The van der Waals surface area contributed by atoms with Gasteiger partial charge in [-0.05, 0) is 29.1 Å². The summed E-state index contributed by atoms with van der Waals surface area (Å²) in [5, 5.41) is 12.5. The van der Waals surface area contributed by atoms with Gasteiger partial charge in [0.15, 0.2) is 0 Å². The van der Waals surface area contributed by atoms with Crippen molar-refractivity contribution in [2.45, 2.75) is 18.2 Å². The highest BCUT2D eigenvalue weighted by molar-refractivity contribution is 6.48. The Labute approximate surface area is 93.0 Å². The van der Waals surface area contributed by atoms with Gasteiger partial charge < -0.3 is 9.68 Å². The summed E-state index contributed by atoms with van der Waals surface area (Å²) in [4.78, 5) is 10.5. The molecule has 0 radical (unpaired) electrons. The molecule has 4 nitrogen and oxygen atoms in total. The highest BCUT2D eigenvalue weighted by Crippen LogP contribution is 2.60. The Hall–Kier alpha value is -1.62. The van der Waals surface area contributed by atoms with Crippen LogP contribution in [0.4, 0.5) is 0 Å². The predicted molar refractivity (Wildman–Crippen MR) is 61.0 cm³/mol. The van der Waals surface area contributed by atoms with Crippen molar-refractivity contribution < 1.29 is 9.68 Å². The summed E-state index contributed by atoms with van der Waals surface area (Å²) in [5.74, 6) is 1.14. The maximum Gasteiger partial charge on any atom is 0.526 e. The molecule has 0 saturated heterocycles. The fourth-order valence-corrected chi connectivity index (χ4v) is 2.35. The molecular formula is C11H10BNO3. The third kappa shape index (κ3) is 1.21. The van der Waals surface area contributed by atoms with Crippen molar-refractivity contribution in [3.05, 3.63) is 40.8 Å².